The molecule has 2 aromatic carbocycles. The molecular formula is C15H12ClN3O2. The minimum Gasteiger partial charge on any atom is -0.365 e. The lowest BCUT2D eigenvalue weighted by molar-refractivity contribution is -0.384. The van der Waals surface area contributed by atoms with E-state index < -0.39 is 4.92 Å². The van der Waals surface area contributed by atoms with Crippen LogP contribution in [0.15, 0.2) is 42.5 Å². The number of hydrogen-bond donors (Lipinski definition) is 0. The number of nitro groups is 1. The minimum absolute atomic E-state index is 0.0384. The number of nitro benzene ring substituents is 1. The largest absolute Gasteiger partial charge is 0.365 e. The molecule has 0 saturated carbocycles. The average Bonchev–Trinajstić information content (AvgIpc) is 2.48. The lowest BCUT2D eigenvalue weighted by Crippen LogP contribution is -2.18. The molecule has 0 heterocycles. The Bertz CT molecular complexity index is 725. The van der Waals surface area contributed by atoms with Gasteiger partial charge in [0, 0.05) is 24.7 Å². The van der Waals surface area contributed by atoms with E-state index in [0.29, 0.717) is 22.8 Å². The molecule has 0 fully saturated rings. The highest BCUT2D eigenvalue weighted by molar-refractivity contribution is 6.31. The molecule has 0 aliphatic carbocycles. The second-order valence-electron chi connectivity index (χ2n) is 4.52. The predicted molar refractivity (Wildman–Crippen MR) is 81.4 cm³/mol. The average molecular weight is 302 g/mol. The highest BCUT2D eigenvalue weighted by Gasteiger charge is 2.18. The number of halogens is 1. The maximum Gasteiger partial charge on any atom is 0.292 e. The number of hydrogen-bond acceptors (Lipinski definition) is 4. The van der Waals surface area contributed by atoms with E-state index >= 15 is 0 Å². The van der Waals surface area contributed by atoms with Crippen molar-refractivity contribution < 1.29 is 4.92 Å². The van der Waals surface area contributed by atoms with E-state index in [1.54, 1.807) is 18.0 Å². The van der Waals surface area contributed by atoms with Crippen molar-refractivity contribution >= 4 is 23.0 Å². The summed E-state index contributed by atoms with van der Waals surface area (Å²) in [6.07, 6.45) is 0. The molecule has 0 spiro atoms. The van der Waals surface area contributed by atoms with Crippen LogP contribution in [-0.2, 0) is 6.54 Å². The second-order valence-corrected chi connectivity index (χ2v) is 4.93. The molecule has 0 aliphatic heterocycles. The van der Waals surface area contributed by atoms with Gasteiger partial charge in [-0.15, -0.1) is 0 Å². The first kappa shape index (κ1) is 14.8. The molecule has 0 aromatic heterocycles. The van der Waals surface area contributed by atoms with Gasteiger partial charge in [0.1, 0.15) is 5.69 Å². The van der Waals surface area contributed by atoms with Gasteiger partial charge in [-0.3, -0.25) is 10.1 Å². The van der Waals surface area contributed by atoms with Crippen LogP contribution in [0.4, 0.5) is 11.4 Å². The molecule has 0 saturated heterocycles. The quantitative estimate of drug-likeness (QED) is 0.637. The Morgan fingerprint density at radius 1 is 1.33 bits per heavy atom. The Balaban J connectivity index is 2.38. The lowest BCUT2D eigenvalue weighted by Gasteiger charge is -2.20. The highest BCUT2D eigenvalue weighted by Crippen LogP contribution is 2.30. The fourth-order valence-corrected chi connectivity index (χ4v) is 2.22. The van der Waals surface area contributed by atoms with Crippen LogP contribution in [-0.4, -0.2) is 12.0 Å². The van der Waals surface area contributed by atoms with Crippen LogP contribution in [0.25, 0.3) is 0 Å². The zero-order valence-electron chi connectivity index (χ0n) is 11.3. The molecule has 2 aromatic rings. The SMILES string of the molecule is CN(Cc1ccccc1Cl)c1cc(C#N)ccc1[N+](=O)[O-]. The summed E-state index contributed by atoms with van der Waals surface area (Å²) in [6.45, 7) is 0.412. The van der Waals surface area contributed by atoms with Crippen molar-refractivity contribution in [2.75, 3.05) is 11.9 Å². The monoisotopic (exact) mass is 301 g/mol. The van der Waals surface area contributed by atoms with E-state index in [2.05, 4.69) is 0 Å². The molecule has 5 nitrogen and oxygen atoms in total. The summed E-state index contributed by atoms with van der Waals surface area (Å²) in [5.74, 6) is 0. The van der Waals surface area contributed by atoms with Gasteiger partial charge in [0.15, 0.2) is 0 Å². The third-order valence-electron chi connectivity index (χ3n) is 3.08. The molecule has 0 radical (unpaired) electrons. The van der Waals surface area contributed by atoms with Gasteiger partial charge in [0.25, 0.3) is 5.69 Å². The van der Waals surface area contributed by atoms with Crippen LogP contribution in [0.3, 0.4) is 0 Å². The van der Waals surface area contributed by atoms with Crippen LogP contribution < -0.4 is 4.90 Å². The van der Waals surface area contributed by atoms with Crippen molar-refractivity contribution in [1.82, 2.24) is 0 Å². The fraction of sp³-hybridized carbons (Fsp3) is 0.133. The Labute approximate surface area is 127 Å². The number of nitriles is 1. The van der Waals surface area contributed by atoms with Gasteiger partial charge < -0.3 is 4.90 Å². The first-order valence-electron chi connectivity index (χ1n) is 6.16. The predicted octanol–water partition coefficient (Wildman–Crippen LogP) is 3.76. The van der Waals surface area contributed by atoms with Crippen LogP contribution in [0.2, 0.25) is 5.02 Å². The highest BCUT2D eigenvalue weighted by atomic mass is 35.5. The van der Waals surface area contributed by atoms with Crippen molar-refractivity contribution in [2.45, 2.75) is 6.54 Å². The molecule has 0 amide bonds. The van der Waals surface area contributed by atoms with Crippen LogP contribution in [0.1, 0.15) is 11.1 Å². The lowest BCUT2D eigenvalue weighted by atomic mass is 10.1. The third-order valence-corrected chi connectivity index (χ3v) is 3.45. The summed E-state index contributed by atoms with van der Waals surface area (Å²) in [5.41, 5.74) is 1.59. The molecule has 0 bridgehead atoms. The summed E-state index contributed by atoms with van der Waals surface area (Å²) >= 11 is 6.10. The van der Waals surface area contributed by atoms with E-state index in [1.807, 2.05) is 24.3 Å². The van der Waals surface area contributed by atoms with Crippen molar-refractivity contribution in [3.8, 4) is 6.07 Å². The molecule has 0 aliphatic rings. The molecule has 0 N–H and O–H groups in total. The van der Waals surface area contributed by atoms with Crippen LogP contribution in [0, 0.1) is 21.4 Å². The number of anilines is 1. The summed E-state index contributed by atoms with van der Waals surface area (Å²) < 4.78 is 0. The zero-order chi connectivity index (χ0) is 15.4. The molecule has 0 unspecified atom stereocenters. The van der Waals surface area contributed by atoms with Gasteiger partial charge in [-0.25, -0.2) is 0 Å². The van der Waals surface area contributed by atoms with Crippen molar-refractivity contribution in [3.05, 3.63) is 68.7 Å². The Morgan fingerprint density at radius 3 is 2.67 bits per heavy atom. The summed E-state index contributed by atoms with van der Waals surface area (Å²) in [4.78, 5) is 12.4. The maximum atomic E-state index is 11.1. The smallest absolute Gasteiger partial charge is 0.292 e. The topological polar surface area (TPSA) is 70.2 Å². The second kappa shape index (κ2) is 6.25. The summed E-state index contributed by atoms with van der Waals surface area (Å²) in [6, 6.07) is 13.6. The summed E-state index contributed by atoms with van der Waals surface area (Å²) in [7, 11) is 1.73. The number of rotatable bonds is 4. The van der Waals surface area contributed by atoms with Gasteiger partial charge in [-0.1, -0.05) is 29.8 Å². The normalized spacial score (nSPS) is 9.95. The molecule has 0 atom stereocenters. The molecule has 6 heteroatoms. The van der Waals surface area contributed by atoms with E-state index in [9.17, 15) is 10.1 Å². The molecule has 106 valence electrons. The van der Waals surface area contributed by atoms with Crippen molar-refractivity contribution in [3.63, 3.8) is 0 Å². The van der Waals surface area contributed by atoms with E-state index in [-0.39, 0.29) is 5.69 Å². The molecule has 2 rings (SSSR count). The maximum absolute atomic E-state index is 11.1. The van der Waals surface area contributed by atoms with E-state index in [0.717, 1.165) is 5.56 Å². The minimum atomic E-state index is -0.459. The Morgan fingerprint density at radius 2 is 2.05 bits per heavy atom. The van der Waals surface area contributed by atoms with Crippen molar-refractivity contribution in [1.29, 1.82) is 5.26 Å². The third kappa shape index (κ3) is 3.30. The van der Waals surface area contributed by atoms with Gasteiger partial charge >= 0.3 is 0 Å². The first-order chi connectivity index (χ1) is 10.0. The van der Waals surface area contributed by atoms with Gasteiger partial charge in [-0.2, -0.15) is 5.26 Å². The van der Waals surface area contributed by atoms with Crippen LogP contribution in [0.5, 0.6) is 0 Å². The van der Waals surface area contributed by atoms with Gasteiger partial charge in [0.05, 0.1) is 16.6 Å². The standard InChI is InChI=1S/C15H12ClN3O2/c1-18(10-12-4-2-3-5-13(12)16)15-8-11(9-17)6-7-14(15)19(20)21/h2-8H,10H2,1H3. The molecule has 21 heavy (non-hydrogen) atoms. The Hall–Kier alpha value is -2.58. The number of nitrogens with zero attached hydrogens (tertiary/aromatic N) is 3. The first-order valence-corrected chi connectivity index (χ1v) is 6.54. The Kier molecular flexibility index (Phi) is 4.41. The van der Waals surface area contributed by atoms with Crippen molar-refractivity contribution in [2.24, 2.45) is 0 Å². The van der Waals surface area contributed by atoms with Crippen LogP contribution >= 0.6 is 11.6 Å². The van der Waals surface area contributed by atoms with Gasteiger partial charge in [-0.05, 0) is 23.8 Å². The van der Waals surface area contributed by atoms with E-state index in [4.69, 9.17) is 16.9 Å². The molecular weight excluding hydrogens is 290 g/mol. The zero-order valence-corrected chi connectivity index (χ0v) is 12.0. The fourth-order valence-electron chi connectivity index (χ4n) is 2.02. The van der Waals surface area contributed by atoms with Gasteiger partial charge in [0.2, 0.25) is 0 Å². The summed E-state index contributed by atoms with van der Waals surface area (Å²) in [5, 5.41) is 20.7. The number of benzene rings is 2. The van der Waals surface area contributed by atoms with E-state index in [1.165, 1.54) is 18.2 Å².